The number of carbonyl (C=O) groups is 1. The van der Waals surface area contributed by atoms with Crippen LogP contribution in [0.2, 0.25) is 5.02 Å². The maximum Gasteiger partial charge on any atom is 0.186 e. The Morgan fingerprint density at radius 1 is 1.16 bits per heavy atom. The standard InChI is InChI=1S/C22H18ClF2N3O3/c1-11-15(13(3)31-27-11)8-19(29)21-12(2)26-22-20(7-14(23)9-28(21)22)30-10-16-17(24)5-4-6-18(16)25/h4-7,9H,8,10H2,1-3H3. The largest absolute Gasteiger partial charge is 0.485 e. The van der Waals surface area contributed by atoms with Crippen LogP contribution >= 0.6 is 11.6 Å². The molecule has 0 fully saturated rings. The third-order valence-electron chi connectivity index (χ3n) is 5.04. The summed E-state index contributed by atoms with van der Waals surface area (Å²) in [6.45, 7) is 4.85. The first kappa shape index (κ1) is 21.0. The predicted octanol–water partition coefficient (Wildman–Crippen LogP) is 5.18. The number of imidazole rings is 1. The molecule has 0 spiro atoms. The highest BCUT2D eigenvalue weighted by Crippen LogP contribution is 2.29. The van der Waals surface area contributed by atoms with E-state index in [0.29, 0.717) is 34.1 Å². The second kappa shape index (κ2) is 8.11. The van der Waals surface area contributed by atoms with Gasteiger partial charge in [-0.1, -0.05) is 22.8 Å². The number of pyridine rings is 1. The van der Waals surface area contributed by atoms with Gasteiger partial charge in [-0.25, -0.2) is 13.8 Å². The van der Waals surface area contributed by atoms with Gasteiger partial charge < -0.3 is 9.26 Å². The molecule has 0 saturated heterocycles. The molecule has 0 bridgehead atoms. The Bertz CT molecular complexity index is 1270. The number of hydrogen-bond acceptors (Lipinski definition) is 5. The molecule has 0 aliphatic rings. The molecular formula is C22H18ClF2N3O3. The average Bonchev–Trinajstić information content (AvgIpc) is 3.20. The van der Waals surface area contributed by atoms with Crippen molar-refractivity contribution in [2.24, 2.45) is 0 Å². The van der Waals surface area contributed by atoms with Crippen LogP contribution in [0, 0.1) is 32.4 Å². The van der Waals surface area contributed by atoms with E-state index in [1.54, 1.807) is 27.0 Å². The molecule has 0 aliphatic heterocycles. The maximum absolute atomic E-state index is 13.9. The van der Waals surface area contributed by atoms with Crippen molar-refractivity contribution >= 4 is 23.0 Å². The molecule has 0 aliphatic carbocycles. The van der Waals surface area contributed by atoms with Crippen LogP contribution in [0.3, 0.4) is 0 Å². The molecule has 0 amide bonds. The first-order valence-electron chi connectivity index (χ1n) is 9.45. The summed E-state index contributed by atoms with van der Waals surface area (Å²) in [5.41, 5.74) is 2.28. The summed E-state index contributed by atoms with van der Waals surface area (Å²) >= 11 is 6.23. The summed E-state index contributed by atoms with van der Waals surface area (Å²) in [4.78, 5) is 17.5. The van der Waals surface area contributed by atoms with Gasteiger partial charge in [0.15, 0.2) is 17.2 Å². The molecule has 9 heteroatoms. The number of benzene rings is 1. The summed E-state index contributed by atoms with van der Waals surface area (Å²) in [6, 6.07) is 5.08. The fourth-order valence-corrected chi connectivity index (χ4v) is 3.65. The molecule has 0 radical (unpaired) electrons. The number of rotatable bonds is 6. The van der Waals surface area contributed by atoms with Gasteiger partial charge in [-0.2, -0.15) is 0 Å². The molecule has 0 saturated carbocycles. The van der Waals surface area contributed by atoms with Crippen LogP contribution in [0.5, 0.6) is 5.75 Å². The zero-order chi connectivity index (χ0) is 22.3. The maximum atomic E-state index is 13.9. The van der Waals surface area contributed by atoms with Crippen LogP contribution in [-0.4, -0.2) is 20.3 Å². The van der Waals surface area contributed by atoms with Crippen LogP contribution in [0.15, 0.2) is 35.0 Å². The van der Waals surface area contributed by atoms with Gasteiger partial charge in [-0.15, -0.1) is 0 Å². The Balaban J connectivity index is 1.71. The molecular weight excluding hydrogens is 428 g/mol. The Morgan fingerprint density at radius 3 is 2.52 bits per heavy atom. The molecule has 31 heavy (non-hydrogen) atoms. The number of carbonyl (C=O) groups excluding carboxylic acids is 1. The summed E-state index contributed by atoms with van der Waals surface area (Å²) in [7, 11) is 0. The highest BCUT2D eigenvalue weighted by atomic mass is 35.5. The number of ether oxygens (including phenoxy) is 1. The SMILES string of the molecule is Cc1noc(C)c1CC(=O)c1c(C)nc2c(OCc3c(F)cccc3F)cc(Cl)cn12. The number of hydrogen-bond donors (Lipinski definition) is 0. The van der Waals surface area contributed by atoms with Gasteiger partial charge in [-0.3, -0.25) is 9.20 Å². The highest BCUT2D eigenvalue weighted by molar-refractivity contribution is 6.30. The molecule has 4 rings (SSSR count). The number of nitrogens with zero attached hydrogens (tertiary/aromatic N) is 3. The van der Waals surface area contributed by atoms with Gasteiger partial charge in [0.25, 0.3) is 0 Å². The van der Waals surface area contributed by atoms with E-state index in [2.05, 4.69) is 10.1 Å². The van der Waals surface area contributed by atoms with Crippen molar-refractivity contribution < 1.29 is 22.8 Å². The van der Waals surface area contributed by atoms with Crippen LogP contribution in [-0.2, 0) is 13.0 Å². The van der Waals surface area contributed by atoms with Gasteiger partial charge in [0.2, 0.25) is 0 Å². The second-order valence-corrected chi connectivity index (χ2v) is 7.59. The van der Waals surface area contributed by atoms with E-state index in [-0.39, 0.29) is 35.1 Å². The predicted molar refractivity (Wildman–Crippen MR) is 110 cm³/mol. The van der Waals surface area contributed by atoms with Crippen LogP contribution in [0.4, 0.5) is 8.78 Å². The summed E-state index contributed by atoms with van der Waals surface area (Å²) in [5.74, 6) is -0.852. The van der Waals surface area contributed by atoms with Crippen molar-refractivity contribution in [3.05, 3.63) is 81.1 Å². The van der Waals surface area contributed by atoms with Gasteiger partial charge >= 0.3 is 0 Å². The normalized spacial score (nSPS) is 11.3. The summed E-state index contributed by atoms with van der Waals surface area (Å²) in [5, 5.41) is 4.16. The minimum absolute atomic E-state index is 0.0823. The van der Waals surface area contributed by atoms with E-state index in [4.69, 9.17) is 20.9 Å². The lowest BCUT2D eigenvalue weighted by Gasteiger charge is -2.10. The van der Waals surface area contributed by atoms with Crippen LogP contribution in [0.1, 0.15) is 38.8 Å². The second-order valence-electron chi connectivity index (χ2n) is 7.15. The molecule has 0 N–H and O–H groups in total. The number of aryl methyl sites for hydroxylation is 3. The number of fused-ring (bicyclic) bond motifs is 1. The van der Waals surface area contributed by atoms with E-state index in [0.717, 1.165) is 12.1 Å². The van der Waals surface area contributed by atoms with Crippen molar-refractivity contribution in [2.75, 3.05) is 0 Å². The molecule has 0 atom stereocenters. The fraction of sp³-hybridized carbons (Fsp3) is 0.227. The average molecular weight is 446 g/mol. The lowest BCUT2D eigenvalue weighted by atomic mass is 10.0. The van der Waals surface area contributed by atoms with Crippen molar-refractivity contribution in [2.45, 2.75) is 33.8 Å². The van der Waals surface area contributed by atoms with Gasteiger partial charge in [0, 0.05) is 24.2 Å². The highest BCUT2D eigenvalue weighted by Gasteiger charge is 2.23. The van der Waals surface area contributed by atoms with Crippen LogP contribution in [0.25, 0.3) is 5.65 Å². The molecule has 4 aromatic rings. The fourth-order valence-electron chi connectivity index (χ4n) is 3.46. The Morgan fingerprint density at radius 2 is 1.87 bits per heavy atom. The first-order chi connectivity index (χ1) is 14.8. The minimum atomic E-state index is -0.715. The van der Waals surface area contributed by atoms with Gasteiger partial charge in [0.05, 0.1) is 22.0 Å². The molecule has 1 aromatic carbocycles. The zero-order valence-electron chi connectivity index (χ0n) is 17.0. The van der Waals surface area contributed by atoms with E-state index in [1.807, 2.05) is 0 Å². The van der Waals surface area contributed by atoms with Crippen molar-refractivity contribution in [3.63, 3.8) is 0 Å². The van der Waals surface area contributed by atoms with Crippen LogP contribution < -0.4 is 4.74 Å². The lowest BCUT2D eigenvalue weighted by molar-refractivity contribution is 0.0986. The topological polar surface area (TPSA) is 69.6 Å². The van der Waals surface area contributed by atoms with Gasteiger partial charge in [0.1, 0.15) is 29.7 Å². The Labute approximate surface area is 181 Å². The van der Waals surface area contributed by atoms with E-state index >= 15 is 0 Å². The van der Waals surface area contributed by atoms with Crippen molar-refractivity contribution in [1.29, 1.82) is 0 Å². The Hall–Kier alpha value is -3.26. The van der Waals surface area contributed by atoms with E-state index in [9.17, 15) is 13.6 Å². The molecule has 3 heterocycles. The molecule has 0 unspecified atom stereocenters. The number of halogens is 3. The third-order valence-corrected chi connectivity index (χ3v) is 5.25. The van der Waals surface area contributed by atoms with Crippen molar-refractivity contribution in [1.82, 2.24) is 14.5 Å². The lowest BCUT2D eigenvalue weighted by Crippen LogP contribution is -2.10. The number of ketones is 1. The first-order valence-corrected chi connectivity index (χ1v) is 9.83. The number of Topliss-reactive ketones (excluding diaryl/α,β-unsaturated/α-hetero) is 1. The quantitative estimate of drug-likeness (QED) is 0.382. The zero-order valence-corrected chi connectivity index (χ0v) is 17.8. The van der Waals surface area contributed by atoms with E-state index < -0.39 is 11.6 Å². The smallest absolute Gasteiger partial charge is 0.186 e. The number of aromatic nitrogens is 3. The van der Waals surface area contributed by atoms with Crippen molar-refractivity contribution in [3.8, 4) is 5.75 Å². The monoisotopic (exact) mass is 445 g/mol. The summed E-state index contributed by atoms with van der Waals surface area (Å²) < 4.78 is 40.2. The molecule has 6 nitrogen and oxygen atoms in total. The van der Waals surface area contributed by atoms with E-state index in [1.165, 1.54) is 16.5 Å². The van der Waals surface area contributed by atoms with Gasteiger partial charge in [-0.05, 0) is 32.9 Å². The third kappa shape index (κ3) is 3.90. The summed E-state index contributed by atoms with van der Waals surface area (Å²) in [6.07, 6.45) is 1.63. The Kier molecular flexibility index (Phi) is 5.49. The molecule has 160 valence electrons. The molecule has 3 aromatic heterocycles. The minimum Gasteiger partial charge on any atom is -0.485 e.